The second-order valence-corrected chi connectivity index (χ2v) is 7.05. The van der Waals surface area contributed by atoms with E-state index >= 15 is 0 Å². The molecule has 3 heterocycles. The third-order valence-electron chi connectivity index (χ3n) is 4.17. The molecule has 0 atom stereocenters. The van der Waals surface area contributed by atoms with Crippen molar-refractivity contribution in [2.75, 3.05) is 12.3 Å². The first-order valence-corrected chi connectivity index (χ1v) is 9.35. The van der Waals surface area contributed by atoms with E-state index in [1.807, 2.05) is 18.0 Å². The molecule has 3 aromatic rings. The zero-order chi connectivity index (χ0) is 16.2. The zero-order valence-electron chi connectivity index (χ0n) is 13.6. The number of nitrogens with zero attached hydrogens (tertiary/aromatic N) is 4. The minimum absolute atomic E-state index is 0.890. The minimum atomic E-state index is 0.890. The van der Waals surface area contributed by atoms with E-state index in [2.05, 4.69) is 62.1 Å². The van der Waals surface area contributed by atoms with E-state index < -0.39 is 0 Å². The lowest BCUT2D eigenvalue weighted by atomic mass is 10.3. The molecule has 6 heteroatoms. The van der Waals surface area contributed by atoms with E-state index in [0.717, 1.165) is 49.9 Å². The average Bonchev–Trinajstić information content (AvgIpc) is 3.25. The molecule has 1 aromatic carbocycles. The van der Waals surface area contributed by atoms with Crippen molar-refractivity contribution in [3.8, 4) is 11.5 Å². The fraction of sp³-hybridized carbons (Fsp3) is 0.333. The highest BCUT2D eigenvalue weighted by atomic mass is 32.2. The fourth-order valence-electron chi connectivity index (χ4n) is 2.97. The Morgan fingerprint density at radius 3 is 3.00 bits per heavy atom. The number of imidazole rings is 1. The van der Waals surface area contributed by atoms with Crippen molar-refractivity contribution in [1.82, 2.24) is 24.6 Å². The molecular formula is C18H21N5S. The van der Waals surface area contributed by atoms with Crippen LogP contribution < -0.4 is 5.32 Å². The lowest BCUT2D eigenvalue weighted by Gasteiger charge is -2.13. The molecule has 0 fully saturated rings. The molecule has 1 aliphatic heterocycles. The van der Waals surface area contributed by atoms with Crippen LogP contribution in [-0.4, -0.2) is 31.6 Å². The summed E-state index contributed by atoms with van der Waals surface area (Å²) < 4.78 is 4.31. The molecule has 1 aliphatic rings. The van der Waals surface area contributed by atoms with E-state index in [4.69, 9.17) is 5.10 Å². The molecule has 124 valence electrons. The van der Waals surface area contributed by atoms with Crippen molar-refractivity contribution in [2.45, 2.75) is 31.0 Å². The van der Waals surface area contributed by atoms with Gasteiger partial charge in [0.05, 0.1) is 12.2 Å². The Balaban J connectivity index is 1.39. The molecule has 0 bridgehead atoms. The highest BCUT2D eigenvalue weighted by Crippen LogP contribution is 2.21. The van der Waals surface area contributed by atoms with Crippen molar-refractivity contribution in [2.24, 2.45) is 0 Å². The normalized spacial score (nSPS) is 13.8. The summed E-state index contributed by atoms with van der Waals surface area (Å²) in [5.41, 5.74) is 2.22. The van der Waals surface area contributed by atoms with E-state index in [9.17, 15) is 0 Å². The van der Waals surface area contributed by atoms with Crippen LogP contribution in [0.4, 0.5) is 0 Å². The molecule has 2 aromatic heterocycles. The smallest absolute Gasteiger partial charge is 0.160 e. The van der Waals surface area contributed by atoms with Gasteiger partial charge in [-0.1, -0.05) is 18.2 Å². The second kappa shape index (κ2) is 7.23. The largest absolute Gasteiger partial charge is 0.330 e. The Morgan fingerprint density at radius 2 is 2.12 bits per heavy atom. The molecule has 24 heavy (non-hydrogen) atoms. The number of thioether (sulfide) groups is 1. The molecule has 4 rings (SSSR count). The van der Waals surface area contributed by atoms with Gasteiger partial charge in [-0.2, -0.15) is 5.10 Å². The van der Waals surface area contributed by atoms with Crippen LogP contribution in [0.15, 0.2) is 53.7 Å². The lowest BCUT2D eigenvalue weighted by Crippen LogP contribution is -2.28. The Labute approximate surface area is 146 Å². The summed E-state index contributed by atoms with van der Waals surface area (Å²) >= 11 is 1.90. The zero-order valence-corrected chi connectivity index (χ0v) is 14.4. The summed E-state index contributed by atoms with van der Waals surface area (Å²) in [7, 11) is 0. The quantitative estimate of drug-likeness (QED) is 0.554. The third-order valence-corrected chi connectivity index (χ3v) is 5.27. The van der Waals surface area contributed by atoms with Crippen molar-refractivity contribution < 1.29 is 0 Å². The Bertz CT molecular complexity index is 769. The number of nitrogens with one attached hydrogen (secondary N) is 1. The Kier molecular flexibility index (Phi) is 4.66. The predicted octanol–water partition coefficient (Wildman–Crippen LogP) is 3.03. The summed E-state index contributed by atoms with van der Waals surface area (Å²) in [4.78, 5) is 5.86. The molecule has 0 spiro atoms. The maximum Gasteiger partial charge on any atom is 0.160 e. The predicted molar refractivity (Wildman–Crippen MR) is 96.9 cm³/mol. The van der Waals surface area contributed by atoms with Gasteiger partial charge < -0.3 is 9.88 Å². The molecule has 5 nitrogen and oxygen atoms in total. The van der Waals surface area contributed by atoms with Gasteiger partial charge in [0.1, 0.15) is 5.69 Å². The van der Waals surface area contributed by atoms with Crippen molar-refractivity contribution >= 4 is 11.8 Å². The van der Waals surface area contributed by atoms with Crippen LogP contribution in [0.25, 0.3) is 11.5 Å². The van der Waals surface area contributed by atoms with Gasteiger partial charge in [-0.25, -0.2) is 4.98 Å². The summed E-state index contributed by atoms with van der Waals surface area (Å²) in [5, 5.41) is 8.10. The Hall–Kier alpha value is -2.05. The van der Waals surface area contributed by atoms with Crippen LogP contribution in [0.2, 0.25) is 0 Å². The lowest BCUT2D eigenvalue weighted by molar-refractivity contribution is 0.476. The van der Waals surface area contributed by atoms with Crippen molar-refractivity contribution in [3.05, 3.63) is 54.5 Å². The van der Waals surface area contributed by atoms with Gasteiger partial charge in [-0.15, -0.1) is 11.8 Å². The maximum atomic E-state index is 4.72. The summed E-state index contributed by atoms with van der Waals surface area (Å²) in [6.07, 6.45) is 5.04. The van der Waals surface area contributed by atoms with E-state index in [-0.39, 0.29) is 0 Å². The SMILES string of the molecule is c1ccc(SCCCn2ccnc2-c2cc3n(n2)CCNC3)cc1. The van der Waals surface area contributed by atoms with Crippen LogP contribution in [0, 0.1) is 0 Å². The van der Waals surface area contributed by atoms with Crippen LogP contribution in [-0.2, 0) is 19.6 Å². The highest BCUT2D eigenvalue weighted by Gasteiger charge is 2.15. The number of hydrogen-bond acceptors (Lipinski definition) is 4. The Morgan fingerprint density at radius 1 is 1.21 bits per heavy atom. The fourth-order valence-corrected chi connectivity index (χ4v) is 3.83. The maximum absolute atomic E-state index is 4.72. The minimum Gasteiger partial charge on any atom is -0.330 e. The molecule has 0 saturated heterocycles. The van der Waals surface area contributed by atoms with Crippen molar-refractivity contribution in [1.29, 1.82) is 0 Å². The standard InChI is InChI=1S/C18H21N5S/c1-2-5-16(6-3-1)24-12-4-9-22-10-8-20-18(22)17-13-15-14-19-7-11-23(15)21-17/h1-3,5-6,8,10,13,19H,4,7,9,11-12,14H2. The second-order valence-electron chi connectivity index (χ2n) is 5.88. The number of hydrogen-bond donors (Lipinski definition) is 1. The van der Waals surface area contributed by atoms with Crippen LogP contribution in [0.1, 0.15) is 12.1 Å². The molecule has 1 N–H and O–H groups in total. The molecule has 0 saturated carbocycles. The number of benzene rings is 1. The van der Waals surface area contributed by atoms with E-state index in [0.29, 0.717) is 0 Å². The molecule has 0 radical (unpaired) electrons. The van der Waals surface area contributed by atoms with E-state index in [1.165, 1.54) is 10.6 Å². The molecule has 0 amide bonds. The van der Waals surface area contributed by atoms with Gasteiger partial charge in [-0.05, 0) is 30.4 Å². The van der Waals surface area contributed by atoms with Crippen LogP contribution in [0.3, 0.4) is 0 Å². The third kappa shape index (κ3) is 3.39. The summed E-state index contributed by atoms with van der Waals surface area (Å²) in [6, 6.07) is 12.7. The summed E-state index contributed by atoms with van der Waals surface area (Å²) in [6.45, 7) is 3.78. The van der Waals surface area contributed by atoms with Gasteiger partial charge in [-0.3, -0.25) is 4.68 Å². The number of aryl methyl sites for hydroxylation is 1. The first-order valence-electron chi connectivity index (χ1n) is 8.37. The average molecular weight is 339 g/mol. The van der Waals surface area contributed by atoms with Crippen LogP contribution in [0.5, 0.6) is 0 Å². The molecule has 0 aliphatic carbocycles. The van der Waals surface area contributed by atoms with E-state index in [1.54, 1.807) is 0 Å². The van der Waals surface area contributed by atoms with Gasteiger partial charge in [0.25, 0.3) is 0 Å². The first-order chi connectivity index (χ1) is 11.9. The van der Waals surface area contributed by atoms with Gasteiger partial charge in [0.15, 0.2) is 5.82 Å². The van der Waals surface area contributed by atoms with Gasteiger partial charge in [0.2, 0.25) is 0 Å². The molecular weight excluding hydrogens is 318 g/mol. The number of fused-ring (bicyclic) bond motifs is 1. The molecule has 0 unspecified atom stereocenters. The topological polar surface area (TPSA) is 47.7 Å². The summed E-state index contributed by atoms with van der Waals surface area (Å²) in [5.74, 6) is 2.08. The number of aromatic nitrogens is 4. The van der Waals surface area contributed by atoms with Gasteiger partial charge in [0, 0.05) is 36.9 Å². The monoisotopic (exact) mass is 339 g/mol. The number of rotatable bonds is 6. The highest BCUT2D eigenvalue weighted by molar-refractivity contribution is 7.99. The van der Waals surface area contributed by atoms with Crippen LogP contribution >= 0.6 is 11.8 Å². The van der Waals surface area contributed by atoms with Crippen molar-refractivity contribution in [3.63, 3.8) is 0 Å². The van der Waals surface area contributed by atoms with Gasteiger partial charge >= 0.3 is 0 Å². The first kappa shape index (κ1) is 15.5.